The van der Waals surface area contributed by atoms with Crippen LogP contribution in [-0.4, -0.2) is 18.9 Å². The Morgan fingerprint density at radius 1 is 1.50 bits per heavy atom. The molecular weight excluding hydrogens is 194 g/mol. The monoisotopic (exact) mass is 211 g/mol. The summed E-state index contributed by atoms with van der Waals surface area (Å²) in [6.07, 6.45) is 0. The molecule has 0 aliphatic carbocycles. The zero-order valence-electron chi connectivity index (χ0n) is 8.69. The first-order valence-corrected chi connectivity index (χ1v) is 5.84. The summed E-state index contributed by atoms with van der Waals surface area (Å²) < 4.78 is 5.15. The van der Waals surface area contributed by atoms with E-state index in [4.69, 9.17) is 10.5 Å². The van der Waals surface area contributed by atoms with Gasteiger partial charge in [-0.15, -0.1) is 0 Å². The molecule has 0 aromatic heterocycles. The Bertz CT molecular complexity index is 276. The molecule has 0 heterocycles. The molecule has 0 saturated heterocycles. The average molecular weight is 211 g/mol. The Morgan fingerprint density at radius 3 is 2.93 bits per heavy atom. The van der Waals surface area contributed by atoms with E-state index in [0.717, 1.165) is 17.3 Å². The van der Waals surface area contributed by atoms with Gasteiger partial charge in [-0.1, -0.05) is 12.1 Å². The second kappa shape index (κ2) is 5.94. The summed E-state index contributed by atoms with van der Waals surface area (Å²) in [5.41, 5.74) is 6.95. The second-order valence-electron chi connectivity index (χ2n) is 3.34. The average Bonchev–Trinajstić information content (AvgIpc) is 2.18. The van der Waals surface area contributed by atoms with Crippen molar-refractivity contribution in [1.29, 1.82) is 0 Å². The van der Waals surface area contributed by atoms with Gasteiger partial charge in [0.25, 0.3) is 0 Å². The second-order valence-corrected chi connectivity index (χ2v) is 4.37. The Morgan fingerprint density at radius 2 is 2.29 bits per heavy atom. The predicted molar refractivity (Wildman–Crippen MR) is 62.8 cm³/mol. The number of benzene rings is 1. The lowest BCUT2D eigenvalue weighted by Gasteiger charge is -2.06. The topological polar surface area (TPSA) is 35.2 Å². The first-order chi connectivity index (χ1) is 6.72. The van der Waals surface area contributed by atoms with Gasteiger partial charge in [-0.2, -0.15) is 11.8 Å². The zero-order valence-corrected chi connectivity index (χ0v) is 9.51. The van der Waals surface area contributed by atoms with Gasteiger partial charge in [0.15, 0.2) is 0 Å². The highest BCUT2D eigenvalue weighted by molar-refractivity contribution is 7.98. The smallest absolute Gasteiger partial charge is 0.119 e. The molecule has 78 valence electrons. The summed E-state index contributed by atoms with van der Waals surface area (Å²) in [5.74, 6) is 2.92. The zero-order chi connectivity index (χ0) is 10.4. The maximum Gasteiger partial charge on any atom is 0.119 e. The van der Waals surface area contributed by atoms with Crippen LogP contribution in [0.25, 0.3) is 0 Å². The standard InChI is InChI=1S/C11H17NOS/c1-9(12)7-14-8-10-4-3-5-11(6-10)13-2/h3-6,9H,7-8,12H2,1-2H3. The van der Waals surface area contributed by atoms with Crippen LogP contribution in [0.1, 0.15) is 12.5 Å². The number of hydrogen-bond donors (Lipinski definition) is 1. The van der Waals surface area contributed by atoms with Crippen molar-refractivity contribution in [3.05, 3.63) is 29.8 Å². The predicted octanol–water partition coefficient (Wildman–Crippen LogP) is 2.28. The van der Waals surface area contributed by atoms with Crippen LogP contribution >= 0.6 is 11.8 Å². The summed E-state index contributed by atoms with van der Waals surface area (Å²) in [6, 6.07) is 8.41. The van der Waals surface area contributed by atoms with Crippen molar-refractivity contribution in [2.75, 3.05) is 12.9 Å². The number of hydrogen-bond acceptors (Lipinski definition) is 3. The van der Waals surface area contributed by atoms with Gasteiger partial charge in [-0.25, -0.2) is 0 Å². The fourth-order valence-electron chi connectivity index (χ4n) is 1.12. The summed E-state index contributed by atoms with van der Waals surface area (Å²) in [6.45, 7) is 2.03. The normalized spacial score (nSPS) is 12.5. The first-order valence-electron chi connectivity index (χ1n) is 4.68. The van der Waals surface area contributed by atoms with Gasteiger partial charge in [0, 0.05) is 17.5 Å². The molecule has 2 nitrogen and oxygen atoms in total. The summed E-state index contributed by atoms with van der Waals surface area (Å²) in [4.78, 5) is 0. The van der Waals surface area contributed by atoms with Gasteiger partial charge in [0.2, 0.25) is 0 Å². The van der Waals surface area contributed by atoms with E-state index in [0.29, 0.717) is 0 Å². The number of nitrogens with two attached hydrogens (primary N) is 1. The molecule has 0 radical (unpaired) electrons. The SMILES string of the molecule is COc1cccc(CSCC(C)N)c1. The van der Waals surface area contributed by atoms with Crippen LogP contribution in [0.5, 0.6) is 5.75 Å². The van der Waals surface area contributed by atoms with Gasteiger partial charge in [-0.05, 0) is 24.6 Å². The number of ether oxygens (including phenoxy) is 1. The molecule has 14 heavy (non-hydrogen) atoms. The van der Waals surface area contributed by atoms with E-state index in [1.165, 1.54) is 5.56 Å². The van der Waals surface area contributed by atoms with Crippen LogP contribution in [0.4, 0.5) is 0 Å². The summed E-state index contributed by atoms with van der Waals surface area (Å²) >= 11 is 1.85. The van der Waals surface area contributed by atoms with E-state index < -0.39 is 0 Å². The molecule has 0 spiro atoms. The van der Waals surface area contributed by atoms with Crippen molar-refractivity contribution in [1.82, 2.24) is 0 Å². The van der Waals surface area contributed by atoms with Gasteiger partial charge >= 0.3 is 0 Å². The van der Waals surface area contributed by atoms with E-state index in [1.807, 2.05) is 30.8 Å². The van der Waals surface area contributed by atoms with Crippen LogP contribution in [0.15, 0.2) is 24.3 Å². The molecule has 1 aromatic rings. The Kier molecular flexibility index (Phi) is 4.84. The molecular formula is C11H17NOS. The van der Waals surface area contributed by atoms with E-state index in [-0.39, 0.29) is 6.04 Å². The number of rotatable bonds is 5. The molecule has 1 rings (SSSR count). The highest BCUT2D eigenvalue weighted by Gasteiger charge is 1.98. The highest BCUT2D eigenvalue weighted by Crippen LogP contribution is 2.17. The first kappa shape index (κ1) is 11.4. The van der Waals surface area contributed by atoms with E-state index in [1.54, 1.807) is 7.11 Å². The fourth-order valence-corrected chi connectivity index (χ4v) is 2.03. The third-order valence-corrected chi connectivity index (χ3v) is 3.08. The van der Waals surface area contributed by atoms with Gasteiger partial charge in [0.1, 0.15) is 5.75 Å². The van der Waals surface area contributed by atoms with E-state index >= 15 is 0 Å². The molecule has 0 aliphatic rings. The molecule has 3 heteroatoms. The lowest BCUT2D eigenvalue weighted by Crippen LogP contribution is -2.17. The van der Waals surface area contributed by atoms with Crippen LogP contribution in [-0.2, 0) is 5.75 Å². The van der Waals surface area contributed by atoms with Crippen LogP contribution in [0.2, 0.25) is 0 Å². The molecule has 1 unspecified atom stereocenters. The van der Waals surface area contributed by atoms with Crippen molar-refractivity contribution in [2.24, 2.45) is 5.73 Å². The molecule has 1 atom stereocenters. The van der Waals surface area contributed by atoms with Crippen molar-refractivity contribution in [2.45, 2.75) is 18.7 Å². The number of thioether (sulfide) groups is 1. The Balaban J connectivity index is 2.42. The minimum atomic E-state index is 0.269. The Hall–Kier alpha value is -0.670. The summed E-state index contributed by atoms with van der Waals surface area (Å²) in [5, 5.41) is 0. The molecule has 0 saturated carbocycles. The lowest BCUT2D eigenvalue weighted by molar-refractivity contribution is 0.414. The third-order valence-electron chi connectivity index (χ3n) is 1.78. The Labute approximate surface area is 89.8 Å². The maximum absolute atomic E-state index is 5.67. The molecule has 0 aliphatic heterocycles. The van der Waals surface area contributed by atoms with Gasteiger partial charge < -0.3 is 10.5 Å². The molecule has 0 bridgehead atoms. The minimum absolute atomic E-state index is 0.269. The molecule has 0 fully saturated rings. The van der Waals surface area contributed by atoms with Crippen molar-refractivity contribution < 1.29 is 4.74 Å². The van der Waals surface area contributed by atoms with Crippen LogP contribution in [0.3, 0.4) is 0 Å². The molecule has 2 N–H and O–H groups in total. The van der Waals surface area contributed by atoms with Crippen molar-refractivity contribution >= 4 is 11.8 Å². The van der Waals surface area contributed by atoms with Crippen molar-refractivity contribution in [3.63, 3.8) is 0 Å². The fraction of sp³-hybridized carbons (Fsp3) is 0.455. The van der Waals surface area contributed by atoms with Crippen LogP contribution < -0.4 is 10.5 Å². The highest BCUT2D eigenvalue weighted by atomic mass is 32.2. The third kappa shape index (κ3) is 4.03. The van der Waals surface area contributed by atoms with E-state index in [2.05, 4.69) is 12.1 Å². The van der Waals surface area contributed by atoms with Crippen LogP contribution in [0, 0.1) is 0 Å². The lowest BCUT2D eigenvalue weighted by atomic mass is 10.2. The van der Waals surface area contributed by atoms with Crippen molar-refractivity contribution in [3.8, 4) is 5.75 Å². The maximum atomic E-state index is 5.67. The largest absolute Gasteiger partial charge is 0.497 e. The van der Waals surface area contributed by atoms with E-state index in [9.17, 15) is 0 Å². The number of methoxy groups -OCH3 is 1. The van der Waals surface area contributed by atoms with Gasteiger partial charge in [0.05, 0.1) is 7.11 Å². The summed E-state index contributed by atoms with van der Waals surface area (Å²) in [7, 11) is 1.69. The molecule has 1 aromatic carbocycles. The molecule has 0 amide bonds. The van der Waals surface area contributed by atoms with Gasteiger partial charge in [-0.3, -0.25) is 0 Å². The quantitative estimate of drug-likeness (QED) is 0.811. The minimum Gasteiger partial charge on any atom is -0.497 e.